The number of nitrogens with one attached hydrogen (secondary N) is 2. The molecule has 0 bridgehead atoms. The molecule has 2 N–H and O–H groups in total. The van der Waals surface area contributed by atoms with Crippen LogP contribution in [0.15, 0.2) is 23.1 Å². The summed E-state index contributed by atoms with van der Waals surface area (Å²) in [7, 11) is 0. The SMILES string of the molecule is O=CCc1c(NC(=O)CC2Sc3ccc(C(F)(F)F)cc3NC2=O)sc2c1CCCC2. The second-order valence-corrected chi connectivity index (χ2v) is 9.80. The van der Waals surface area contributed by atoms with Crippen LogP contribution in [-0.4, -0.2) is 23.4 Å². The van der Waals surface area contributed by atoms with E-state index in [1.165, 1.54) is 22.3 Å². The fourth-order valence-corrected chi connectivity index (χ4v) is 6.27. The Kier molecular flexibility index (Phi) is 6.11. The smallest absolute Gasteiger partial charge is 0.324 e. The van der Waals surface area contributed by atoms with Gasteiger partial charge in [-0.2, -0.15) is 13.2 Å². The fourth-order valence-electron chi connectivity index (χ4n) is 3.84. The first-order valence-corrected chi connectivity index (χ1v) is 11.5. The molecule has 4 rings (SSSR count). The number of alkyl halides is 3. The molecule has 1 aliphatic heterocycles. The van der Waals surface area contributed by atoms with Gasteiger partial charge < -0.3 is 15.4 Å². The molecule has 31 heavy (non-hydrogen) atoms. The first-order valence-electron chi connectivity index (χ1n) is 9.82. The summed E-state index contributed by atoms with van der Waals surface area (Å²) in [6.45, 7) is 0. The van der Waals surface area contributed by atoms with E-state index in [1.807, 2.05) is 0 Å². The summed E-state index contributed by atoms with van der Waals surface area (Å²) < 4.78 is 38.7. The summed E-state index contributed by atoms with van der Waals surface area (Å²) in [5.41, 5.74) is 1.26. The van der Waals surface area contributed by atoms with Crippen LogP contribution in [0.3, 0.4) is 0 Å². The number of thiophene rings is 1. The van der Waals surface area contributed by atoms with E-state index < -0.39 is 22.9 Å². The summed E-state index contributed by atoms with van der Waals surface area (Å²) in [4.78, 5) is 37.9. The number of carbonyl (C=O) groups is 3. The minimum absolute atomic E-state index is 0.0979. The molecule has 0 saturated carbocycles. The van der Waals surface area contributed by atoms with Crippen molar-refractivity contribution in [2.24, 2.45) is 0 Å². The molecule has 0 fully saturated rings. The maximum atomic E-state index is 12.9. The van der Waals surface area contributed by atoms with Gasteiger partial charge in [0.25, 0.3) is 0 Å². The number of amides is 2. The van der Waals surface area contributed by atoms with E-state index >= 15 is 0 Å². The van der Waals surface area contributed by atoms with Crippen molar-refractivity contribution >= 4 is 51.9 Å². The highest BCUT2D eigenvalue weighted by atomic mass is 32.2. The van der Waals surface area contributed by atoms with Gasteiger partial charge in [0.15, 0.2) is 0 Å². The van der Waals surface area contributed by atoms with Crippen LogP contribution in [-0.2, 0) is 39.8 Å². The van der Waals surface area contributed by atoms with Crippen LogP contribution in [0.25, 0.3) is 0 Å². The molecule has 2 heterocycles. The van der Waals surface area contributed by atoms with E-state index in [0.717, 1.165) is 67.0 Å². The van der Waals surface area contributed by atoms with E-state index in [2.05, 4.69) is 10.6 Å². The van der Waals surface area contributed by atoms with Gasteiger partial charge in [0.2, 0.25) is 11.8 Å². The van der Waals surface area contributed by atoms with E-state index in [1.54, 1.807) is 0 Å². The number of carbonyl (C=O) groups excluding carboxylic acids is 3. The zero-order valence-corrected chi connectivity index (χ0v) is 17.9. The maximum absolute atomic E-state index is 12.9. The lowest BCUT2D eigenvalue weighted by Gasteiger charge is -2.24. The molecule has 2 aliphatic rings. The van der Waals surface area contributed by atoms with Crippen molar-refractivity contribution in [3.63, 3.8) is 0 Å². The Morgan fingerprint density at radius 2 is 2.03 bits per heavy atom. The highest BCUT2D eigenvalue weighted by molar-refractivity contribution is 8.01. The van der Waals surface area contributed by atoms with Crippen LogP contribution in [0, 0.1) is 0 Å². The summed E-state index contributed by atoms with van der Waals surface area (Å²) >= 11 is 2.55. The van der Waals surface area contributed by atoms with Crippen molar-refractivity contribution in [1.29, 1.82) is 0 Å². The molecule has 1 aromatic heterocycles. The number of hydrogen-bond acceptors (Lipinski definition) is 5. The predicted octanol–water partition coefficient (Wildman–Crippen LogP) is 4.83. The monoisotopic (exact) mass is 468 g/mol. The number of aryl methyl sites for hydroxylation is 1. The number of aldehydes is 1. The Morgan fingerprint density at radius 1 is 1.26 bits per heavy atom. The predicted molar refractivity (Wildman–Crippen MR) is 114 cm³/mol. The Labute approximate surface area is 184 Å². The second-order valence-electron chi connectivity index (χ2n) is 7.45. The van der Waals surface area contributed by atoms with Crippen molar-refractivity contribution in [3.05, 3.63) is 39.8 Å². The summed E-state index contributed by atoms with van der Waals surface area (Å²) in [5, 5.41) is 5.23. The minimum atomic E-state index is -4.50. The molecular weight excluding hydrogens is 449 g/mol. The van der Waals surface area contributed by atoms with Crippen molar-refractivity contribution < 1.29 is 27.6 Å². The van der Waals surface area contributed by atoms with Crippen LogP contribution in [0.5, 0.6) is 0 Å². The molecule has 0 spiro atoms. The molecule has 1 unspecified atom stereocenters. The van der Waals surface area contributed by atoms with Gasteiger partial charge in [0.05, 0.1) is 21.5 Å². The molecule has 164 valence electrons. The van der Waals surface area contributed by atoms with E-state index in [4.69, 9.17) is 0 Å². The van der Waals surface area contributed by atoms with Gasteiger partial charge in [0.1, 0.15) is 6.29 Å². The largest absolute Gasteiger partial charge is 0.416 e. The Balaban J connectivity index is 1.47. The molecule has 5 nitrogen and oxygen atoms in total. The van der Waals surface area contributed by atoms with Crippen molar-refractivity contribution in [1.82, 2.24) is 0 Å². The van der Waals surface area contributed by atoms with Crippen molar-refractivity contribution in [2.45, 2.75) is 54.8 Å². The van der Waals surface area contributed by atoms with Gasteiger partial charge in [0, 0.05) is 22.6 Å². The Morgan fingerprint density at radius 3 is 2.77 bits per heavy atom. The molecule has 0 radical (unpaired) electrons. The first kappa shape index (κ1) is 21.9. The lowest BCUT2D eigenvalue weighted by atomic mass is 9.94. The van der Waals surface area contributed by atoms with Gasteiger partial charge in [-0.3, -0.25) is 9.59 Å². The molecule has 1 atom stereocenters. The normalized spacial score (nSPS) is 18.0. The van der Waals surface area contributed by atoms with Crippen LogP contribution in [0.1, 0.15) is 40.8 Å². The number of benzene rings is 1. The van der Waals surface area contributed by atoms with E-state index in [0.29, 0.717) is 9.90 Å². The van der Waals surface area contributed by atoms with Crippen molar-refractivity contribution in [3.8, 4) is 0 Å². The number of fused-ring (bicyclic) bond motifs is 2. The number of thioether (sulfide) groups is 1. The second kappa shape index (κ2) is 8.66. The van der Waals surface area contributed by atoms with Crippen molar-refractivity contribution in [2.75, 3.05) is 10.6 Å². The number of halogens is 3. The van der Waals surface area contributed by atoms with Crippen LogP contribution >= 0.6 is 23.1 Å². The van der Waals surface area contributed by atoms with E-state index in [-0.39, 0.29) is 24.4 Å². The van der Waals surface area contributed by atoms with Crippen LogP contribution in [0.4, 0.5) is 23.9 Å². The molecule has 2 aromatic rings. The highest BCUT2D eigenvalue weighted by Crippen LogP contribution is 2.41. The average molecular weight is 469 g/mol. The average Bonchev–Trinajstić information content (AvgIpc) is 3.05. The molecule has 0 saturated heterocycles. The van der Waals surface area contributed by atoms with Gasteiger partial charge >= 0.3 is 6.18 Å². The lowest BCUT2D eigenvalue weighted by molar-refractivity contribution is -0.137. The first-order chi connectivity index (χ1) is 14.8. The lowest BCUT2D eigenvalue weighted by Crippen LogP contribution is -2.32. The van der Waals surface area contributed by atoms with Gasteiger partial charge in [-0.1, -0.05) is 0 Å². The number of rotatable bonds is 5. The third-order valence-electron chi connectivity index (χ3n) is 5.32. The molecule has 1 aliphatic carbocycles. The molecule has 10 heteroatoms. The third-order valence-corrected chi connectivity index (χ3v) is 7.84. The highest BCUT2D eigenvalue weighted by Gasteiger charge is 2.34. The summed E-state index contributed by atoms with van der Waals surface area (Å²) in [6.07, 6.45) is 0.382. The standard InChI is InChI=1S/C21H19F3N2O3S2/c22-21(23,24)11-5-6-16-14(9-11)25-19(29)17(30-16)10-18(28)26-20-13(7-8-27)12-3-1-2-4-15(12)31-20/h5-6,8-9,17H,1-4,7,10H2,(H,25,29)(H,26,28). The summed E-state index contributed by atoms with van der Waals surface area (Å²) in [6, 6.07) is 3.17. The maximum Gasteiger partial charge on any atom is 0.416 e. The van der Waals surface area contributed by atoms with Gasteiger partial charge in [-0.15, -0.1) is 23.1 Å². The zero-order valence-electron chi connectivity index (χ0n) is 16.3. The quantitative estimate of drug-likeness (QED) is 0.617. The van der Waals surface area contributed by atoms with Crippen LogP contribution < -0.4 is 10.6 Å². The number of anilines is 2. The molecule has 2 amide bonds. The van der Waals surface area contributed by atoms with Crippen LogP contribution in [0.2, 0.25) is 0 Å². The fraction of sp³-hybridized carbons (Fsp3) is 0.381. The van der Waals surface area contributed by atoms with Gasteiger partial charge in [-0.05, 0) is 55.0 Å². The Hall–Kier alpha value is -2.33. The Bertz CT molecular complexity index is 1050. The summed E-state index contributed by atoms with van der Waals surface area (Å²) in [5.74, 6) is -0.876. The third kappa shape index (κ3) is 4.64. The molecular formula is C21H19F3N2O3S2. The topological polar surface area (TPSA) is 75.3 Å². The minimum Gasteiger partial charge on any atom is -0.324 e. The molecule has 1 aromatic carbocycles. The van der Waals surface area contributed by atoms with Gasteiger partial charge in [-0.25, -0.2) is 0 Å². The number of hydrogen-bond donors (Lipinski definition) is 2. The van der Waals surface area contributed by atoms with E-state index in [9.17, 15) is 27.6 Å². The zero-order chi connectivity index (χ0) is 22.2.